The maximum Gasteiger partial charge on any atom is 0.144 e. The van der Waals surface area contributed by atoms with Crippen LogP contribution in [-0.2, 0) is 0 Å². The van der Waals surface area contributed by atoms with Crippen LogP contribution >= 0.6 is 0 Å². The number of benzene rings is 1. The fraction of sp³-hybridized carbons (Fsp3) is 0.647. The van der Waals surface area contributed by atoms with Crippen molar-refractivity contribution < 1.29 is 9.22 Å². The molecule has 0 radical (unpaired) electrons. The van der Waals surface area contributed by atoms with E-state index in [1.165, 1.54) is 25.2 Å². The number of nitrogen functional groups attached to an aromatic ring is 1. The first-order valence-electron chi connectivity index (χ1n) is 8.24. The Labute approximate surface area is 133 Å². The van der Waals surface area contributed by atoms with Crippen molar-refractivity contribution in [3.05, 3.63) is 18.2 Å². The van der Waals surface area contributed by atoms with E-state index in [0.29, 0.717) is 0 Å². The second kappa shape index (κ2) is 5.97. The average Bonchev–Trinajstić information content (AvgIpc) is 2.93. The van der Waals surface area contributed by atoms with Gasteiger partial charge in [-0.25, -0.2) is 0 Å². The van der Waals surface area contributed by atoms with E-state index in [1.807, 2.05) is 12.1 Å². The van der Waals surface area contributed by atoms with Gasteiger partial charge in [0.1, 0.15) is 18.4 Å². The van der Waals surface area contributed by atoms with Crippen LogP contribution in [0.1, 0.15) is 6.42 Å². The molecule has 0 amide bonds. The van der Waals surface area contributed by atoms with E-state index < -0.39 is 0 Å². The predicted octanol–water partition coefficient (Wildman–Crippen LogP) is 1.25. The summed E-state index contributed by atoms with van der Waals surface area (Å²) < 4.78 is 6.80. The second-order valence-corrected chi connectivity index (χ2v) is 7.42. The maximum absolute atomic E-state index is 5.85. The third kappa shape index (κ3) is 3.31. The Bertz CT molecular complexity index is 526. The molecule has 0 aromatic heterocycles. The zero-order valence-electron chi connectivity index (χ0n) is 14.1. The minimum absolute atomic E-state index is 0.748. The van der Waals surface area contributed by atoms with Crippen LogP contribution in [0.4, 0.5) is 11.4 Å². The van der Waals surface area contributed by atoms with Crippen LogP contribution in [0.25, 0.3) is 0 Å². The minimum atomic E-state index is 0.748. The highest BCUT2D eigenvalue weighted by atomic mass is 16.5. The molecule has 2 aliphatic heterocycles. The predicted molar refractivity (Wildman–Crippen MR) is 91.4 cm³/mol. The van der Waals surface area contributed by atoms with E-state index >= 15 is 0 Å². The summed E-state index contributed by atoms with van der Waals surface area (Å²) in [5.74, 6) is 0.928. The highest BCUT2D eigenvalue weighted by Gasteiger charge is 2.32. The molecule has 5 heteroatoms. The molecule has 3 rings (SSSR count). The van der Waals surface area contributed by atoms with Crippen molar-refractivity contribution in [1.82, 2.24) is 4.90 Å². The van der Waals surface area contributed by atoms with Gasteiger partial charge in [0.15, 0.2) is 0 Å². The molecule has 2 heterocycles. The Morgan fingerprint density at radius 1 is 1.23 bits per heavy atom. The van der Waals surface area contributed by atoms with E-state index in [4.69, 9.17) is 10.5 Å². The summed E-state index contributed by atoms with van der Waals surface area (Å²) in [6, 6.07) is 6.74. The van der Waals surface area contributed by atoms with Crippen LogP contribution in [0.5, 0.6) is 5.75 Å². The number of likely N-dealkylation sites (N-methyl/N-ethyl adjacent to an activating group) is 1. The van der Waals surface area contributed by atoms with Crippen molar-refractivity contribution >= 4 is 11.4 Å². The highest BCUT2D eigenvalue weighted by molar-refractivity contribution is 5.65. The number of fused-ring (bicyclic) bond motifs is 1. The summed E-state index contributed by atoms with van der Waals surface area (Å²) in [7, 11) is 6.91. The molecule has 0 saturated carbocycles. The van der Waals surface area contributed by atoms with Gasteiger partial charge in [-0.2, -0.15) is 0 Å². The first-order valence-corrected chi connectivity index (χ1v) is 8.24. The Morgan fingerprint density at radius 3 is 2.77 bits per heavy atom. The summed E-state index contributed by atoms with van der Waals surface area (Å²) >= 11 is 0. The van der Waals surface area contributed by atoms with Gasteiger partial charge >= 0.3 is 0 Å². The van der Waals surface area contributed by atoms with E-state index in [9.17, 15) is 0 Å². The summed E-state index contributed by atoms with van der Waals surface area (Å²) in [6.07, 6.45) is 1.31. The SMILES string of the molecule is C[N+](C)(C)C1CCN(CCN2CCOc3cc(N)ccc32)C1. The van der Waals surface area contributed by atoms with Crippen molar-refractivity contribution in [2.75, 3.05) is 71.1 Å². The Hall–Kier alpha value is -1.46. The molecule has 22 heavy (non-hydrogen) atoms. The highest BCUT2D eigenvalue weighted by Crippen LogP contribution is 2.33. The minimum Gasteiger partial charge on any atom is -0.489 e. The lowest BCUT2D eigenvalue weighted by Gasteiger charge is -2.33. The molecule has 0 bridgehead atoms. The van der Waals surface area contributed by atoms with Crippen LogP contribution in [0.3, 0.4) is 0 Å². The average molecular weight is 305 g/mol. The Balaban J connectivity index is 1.58. The number of nitrogens with two attached hydrogens (primary N) is 1. The zero-order valence-corrected chi connectivity index (χ0v) is 14.1. The molecule has 2 aliphatic rings. The number of likely N-dealkylation sites (tertiary alicyclic amines) is 1. The van der Waals surface area contributed by atoms with E-state index in [1.54, 1.807) is 0 Å². The number of quaternary nitrogens is 1. The molecule has 0 aliphatic carbocycles. The molecule has 1 fully saturated rings. The van der Waals surface area contributed by atoms with Gasteiger partial charge in [0, 0.05) is 37.8 Å². The Morgan fingerprint density at radius 2 is 2.05 bits per heavy atom. The summed E-state index contributed by atoms with van der Waals surface area (Å²) in [4.78, 5) is 5.03. The van der Waals surface area contributed by atoms with Gasteiger partial charge in [0.2, 0.25) is 0 Å². The first kappa shape index (κ1) is 15.4. The second-order valence-electron chi connectivity index (χ2n) is 7.42. The van der Waals surface area contributed by atoms with Crippen molar-refractivity contribution in [3.8, 4) is 5.75 Å². The fourth-order valence-corrected chi connectivity index (χ4v) is 3.44. The summed E-state index contributed by atoms with van der Waals surface area (Å²) in [5.41, 5.74) is 7.80. The normalized spacial score (nSPS) is 22.5. The number of rotatable bonds is 4. The van der Waals surface area contributed by atoms with Crippen molar-refractivity contribution in [2.45, 2.75) is 12.5 Å². The number of nitrogens with zero attached hydrogens (tertiary/aromatic N) is 3. The van der Waals surface area contributed by atoms with Gasteiger partial charge in [-0.3, -0.25) is 4.90 Å². The monoisotopic (exact) mass is 305 g/mol. The summed E-state index contributed by atoms with van der Waals surface area (Å²) in [6.45, 7) is 6.33. The number of hydrogen-bond acceptors (Lipinski definition) is 4. The molecule has 2 N–H and O–H groups in total. The number of hydrogen-bond donors (Lipinski definition) is 1. The smallest absolute Gasteiger partial charge is 0.144 e. The van der Waals surface area contributed by atoms with Crippen LogP contribution in [0, 0.1) is 0 Å². The lowest BCUT2D eigenvalue weighted by atomic mass is 10.2. The van der Waals surface area contributed by atoms with Crippen LogP contribution in [0.2, 0.25) is 0 Å². The van der Waals surface area contributed by atoms with Gasteiger partial charge in [0.05, 0.1) is 39.9 Å². The molecule has 5 nitrogen and oxygen atoms in total. The van der Waals surface area contributed by atoms with E-state index in [-0.39, 0.29) is 0 Å². The molecule has 1 aromatic carbocycles. The zero-order chi connectivity index (χ0) is 15.7. The maximum atomic E-state index is 5.85. The lowest BCUT2D eigenvalue weighted by Crippen LogP contribution is -2.47. The standard InChI is InChI=1S/C17H29N4O/c1-21(2,3)15-6-7-19(13-15)8-9-20-10-11-22-17-12-14(18)4-5-16(17)20/h4-5,12,15H,6-11,13,18H2,1-3H3/q+1. The summed E-state index contributed by atoms with van der Waals surface area (Å²) in [5, 5.41) is 0. The van der Waals surface area contributed by atoms with Gasteiger partial charge in [-0.15, -0.1) is 0 Å². The number of anilines is 2. The first-order chi connectivity index (χ1) is 10.4. The quantitative estimate of drug-likeness (QED) is 0.671. The molecular weight excluding hydrogens is 276 g/mol. The number of ether oxygens (including phenoxy) is 1. The molecule has 1 aromatic rings. The molecular formula is C17H29N4O+. The third-order valence-corrected chi connectivity index (χ3v) is 4.97. The third-order valence-electron chi connectivity index (χ3n) is 4.97. The van der Waals surface area contributed by atoms with E-state index in [0.717, 1.165) is 48.2 Å². The molecule has 122 valence electrons. The van der Waals surface area contributed by atoms with Crippen molar-refractivity contribution in [3.63, 3.8) is 0 Å². The lowest BCUT2D eigenvalue weighted by molar-refractivity contribution is -0.893. The van der Waals surface area contributed by atoms with Gasteiger partial charge in [0.25, 0.3) is 0 Å². The van der Waals surface area contributed by atoms with E-state index in [2.05, 4.69) is 37.0 Å². The molecule has 0 spiro atoms. The van der Waals surface area contributed by atoms with Crippen molar-refractivity contribution in [1.29, 1.82) is 0 Å². The van der Waals surface area contributed by atoms with Crippen LogP contribution < -0.4 is 15.4 Å². The molecule has 1 atom stereocenters. The fourth-order valence-electron chi connectivity index (χ4n) is 3.44. The van der Waals surface area contributed by atoms with Crippen LogP contribution in [-0.4, -0.2) is 75.9 Å². The largest absolute Gasteiger partial charge is 0.489 e. The van der Waals surface area contributed by atoms with Crippen molar-refractivity contribution in [2.24, 2.45) is 0 Å². The van der Waals surface area contributed by atoms with Gasteiger partial charge in [-0.1, -0.05) is 0 Å². The molecule has 1 saturated heterocycles. The molecule has 1 unspecified atom stereocenters. The Kier molecular flexibility index (Phi) is 4.19. The topological polar surface area (TPSA) is 41.7 Å². The van der Waals surface area contributed by atoms with Crippen LogP contribution in [0.15, 0.2) is 18.2 Å². The van der Waals surface area contributed by atoms with Gasteiger partial charge in [-0.05, 0) is 12.1 Å². The van der Waals surface area contributed by atoms with Gasteiger partial charge < -0.3 is 19.9 Å².